The molecular formula is C12H16ClFN. The molecule has 15 heavy (non-hydrogen) atoms. The smallest absolute Gasteiger partial charge is 0.128 e. The maximum absolute atomic E-state index is 13.5. The summed E-state index contributed by atoms with van der Waals surface area (Å²) in [6.45, 7) is 6.09. The molecule has 1 N–H and O–H groups in total. The first-order valence-electron chi connectivity index (χ1n) is 5.10. The lowest BCUT2D eigenvalue weighted by Gasteiger charge is -2.15. The van der Waals surface area contributed by atoms with Crippen LogP contribution in [0.2, 0.25) is 5.02 Å². The van der Waals surface area contributed by atoms with Gasteiger partial charge < -0.3 is 0 Å². The second-order valence-corrected chi connectivity index (χ2v) is 4.56. The summed E-state index contributed by atoms with van der Waals surface area (Å²) in [5.74, 6) is -0.0644. The fraction of sp³-hybridized carbons (Fsp3) is 0.500. The molecule has 0 aliphatic heterocycles. The van der Waals surface area contributed by atoms with Crippen LogP contribution < -0.4 is 5.73 Å². The first-order chi connectivity index (χ1) is 6.97. The monoisotopic (exact) mass is 228 g/mol. The predicted molar refractivity (Wildman–Crippen MR) is 61.9 cm³/mol. The van der Waals surface area contributed by atoms with Crippen molar-refractivity contribution in [2.75, 3.05) is 6.54 Å². The van der Waals surface area contributed by atoms with Gasteiger partial charge in [0.1, 0.15) is 5.82 Å². The zero-order valence-corrected chi connectivity index (χ0v) is 10.0. The Balaban J connectivity index is 3.23. The van der Waals surface area contributed by atoms with E-state index < -0.39 is 0 Å². The number of nitrogens with one attached hydrogen (secondary N) is 1. The van der Waals surface area contributed by atoms with E-state index in [-0.39, 0.29) is 24.2 Å². The lowest BCUT2D eigenvalue weighted by molar-refractivity contribution is 0.595. The van der Waals surface area contributed by atoms with Crippen molar-refractivity contribution in [3.05, 3.63) is 34.1 Å². The first kappa shape index (κ1) is 12.5. The Morgan fingerprint density at radius 1 is 1.27 bits per heavy atom. The van der Waals surface area contributed by atoms with E-state index in [4.69, 9.17) is 17.3 Å². The van der Waals surface area contributed by atoms with E-state index in [9.17, 15) is 4.39 Å². The molecule has 0 spiro atoms. The van der Waals surface area contributed by atoms with Crippen molar-refractivity contribution in [2.24, 2.45) is 0 Å². The van der Waals surface area contributed by atoms with Gasteiger partial charge >= 0.3 is 0 Å². The number of benzene rings is 1. The first-order valence-corrected chi connectivity index (χ1v) is 5.48. The summed E-state index contributed by atoms with van der Waals surface area (Å²) in [4.78, 5) is 0. The van der Waals surface area contributed by atoms with Crippen molar-refractivity contribution >= 4 is 11.6 Å². The molecule has 0 fully saturated rings. The lowest BCUT2D eigenvalue weighted by atomic mass is 9.94. The Morgan fingerprint density at radius 3 is 2.33 bits per heavy atom. The van der Waals surface area contributed by atoms with Crippen LogP contribution in [0.4, 0.5) is 4.39 Å². The average Bonchev–Trinajstić information content (AvgIpc) is 2.16. The topological polar surface area (TPSA) is 23.8 Å². The van der Waals surface area contributed by atoms with Crippen molar-refractivity contribution < 1.29 is 4.39 Å². The van der Waals surface area contributed by atoms with Gasteiger partial charge in [-0.3, -0.25) is 5.73 Å². The van der Waals surface area contributed by atoms with Crippen LogP contribution in [-0.2, 0) is 0 Å². The van der Waals surface area contributed by atoms with Gasteiger partial charge in [0.05, 0.1) is 0 Å². The molecule has 3 heteroatoms. The van der Waals surface area contributed by atoms with Crippen LogP contribution >= 0.6 is 11.6 Å². The molecule has 0 bridgehead atoms. The fourth-order valence-electron chi connectivity index (χ4n) is 1.51. The number of hydrogen-bond donors (Lipinski definition) is 0. The van der Waals surface area contributed by atoms with Gasteiger partial charge in [-0.15, -0.1) is 0 Å². The number of rotatable bonds is 3. The Labute approximate surface area is 95.4 Å². The van der Waals surface area contributed by atoms with E-state index in [0.717, 1.165) is 5.56 Å². The molecule has 83 valence electrons. The third-order valence-electron chi connectivity index (χ3n) is 2.58. The van der Waals surface area contributed by atoms with Crippen LogP contribution in [0, 0.1) is 5.82 Å². The zero-order chi connectivity index (χ0) is 11.6. The maximum atomic E-state index is 13.5. The van der Waals surface area contributed by atoms with Crippen molar-refractivity contribution in [1.82, 2.24) is 5.73 Å². The summed E-state index contributed by atoms with van der Waals surface area (Å²) in [6.07, 6.45) is 0. The third kappa shape index (κ3) is 2.70. The van der Waals surface area contributed by atoms with Crippen LogP contribution in [0.5, 0.6) is 0 Å². The van der Waals surface area contributed by atoms with Crippen LogP contribution in [0.1, 0.15) is 43.7 Å². The van der Waals surface area contributed by atoms with E-state index in [0.29, 0.717) is 10.6 Å². The Morgan fingerprint density at radius 2 is 1.87 bits per heavy atom. The number of halogens is 2. The maximum Gasteiger partial charge on any atom is 0.128 e. The molecule has 1 aromatic carbocycles. The lowest BCUT2D eigenvalue weighted by Crippen LogP contribution is -2.04. The Bertz CT molecular complexity index is 350. The van der Waals surface area contributed by atoms with Crippen LogP contribution in [-0.4, -0.2) is 6.54 Å². The highest BCUT2D eigenvalue weighted by Crippen LogP contribution is 2.30. The Kier molecular flexibility index (Phi) is 4.12. The summed E-state index contributed by atoms with van der Waals surface area (Å²) in [5.41, 5.74) is 8.87. The summed E-state index contributed by atoms with van der Waals surface area (Å²) in [6, 6.07) is 3.15. The molecular weight excluding hydrogens is 213 g/mol. The largest absolute Gasteiger partial charge is 0.257 e. The highest BCUT2D eigenvalue weighted by Gasteiger charge is 2.14. The summed E-state index contributed by atoms with van der Waals surface area (Å²) in [5, 5.41) is 0.427. The number of hydrogen-bond acceptors (Lipinski definition) is 0. The van der Waals surface area contributed by atoms with E-state index >= 15 is 0 Å². The van der Waals surface area contributed by atoms with Crippen molar-refractivity contribution in [2.45, 2.75) is 32.6 Å². The van der Waals surface area contributed by atoms with Gasteiger partial charge in [0.25, 0.3) is 0 Å². The molecule has 0 heterocycles. The summed E-state index contributed by atoms with van der Waals surface area (Å²) in [7, 11) is 0. The fourth-order valence-corrected chi connectivity index (χ4v) is 1.85. The molecule has 0 saturated heterocycles. The van der Waals surface area contributed by atoms with E-state index in [1.807, 2.05) is 20.8 Å². The second-order valence-electron chi connectivity index (χ2n) is 4.16. The molecule has 1 atom stereocenters. The van der Waals surface area contributed by atoms with Crippen LogP contribution in [0.15, 0.2) is 12.1 Å². The second kappa shape index (κ2) is 4.95. The quantitative estimate of drug-likeness (QED) is 0.747. The molecule has 1 rings (SSSR count). The van der Waals surface area contributed by atoms with Crippen LogP contribution in [0.3, 0.4) is 0 Å². The Hall–Kier alpha value is -0.600. The van der Waals surface area contributed by atoms with Gasteiger partial charge in [0, 0.05) is 11.6 Å². The minimum Gasteiger partial charge on any atom is -0.257 e. The van der Waals surface area contributed by atoms with E-state index in [1.165, 1.54) is 6.07 Å². The highest BCUT2D eigenvalue weighted by molar-refractivity contribution is 6.31. The van der Waals surface area contributed by atoms with Gasteiger partial charge in [-0.2, -0.15) is 0 Å². The zero-order valence-electron chi connectivity index (χ0n) is 9.27. The highest BCUT2D eigenvalue weighted by atomic mass is 35.5. The van der Waals surface area contributed by atoms with Gasteiger partial charge in [0.2, 0.25) is 0 Å². The average molecular weight is 229 g/mol. The van der Waals surface area contributed by atoms with Crippen LogP contribution in [0.25, 0.3) is 0 Å². The molecule has 1 unspecified atom stereocenters. The molecule has 0 saturated carbocycles. The van der Waals surface area contributed by atoms with Crippen molar-refractivity contribution in [1.29, 1.82) is 0 Å². The minimum atomic E-state index is -0.254. The standard InChI is InChI=1S/C12H16ClFN/c1-7(2)9-4-10(8(3)6-15)11(13)5-12(9)14/h4-5,7-8,15H,6H2,1-3H3. The normalized spacial score (nSPS) is 13.3. The van der Waals surface area contributed by atoms with Gasteiger partial charge in [-0.1, -0.05) is 38.4 Å². The van der Waals surface area contributed by atoms with Crippen molar-refractivity contribution in [3.8, 4) is 0 Å². The molecule has 1 nitrogen and oxygen atoms in total. The van der Waals surface area contributed by atoms with Gasteiger partial charge in [-0.05, 0) is 29.0 Å². The van der Waals surface area contributed by atoms with Gasteiger partial charge in [0.15, 0.2) is 0 Å². The molecule has 0 aliphatic carbocycles. The molecule has 0 amide bonds. The van der Waals surface area contributed by atoms with Crippen molar-refractivity contribution in [3.63, 3.8) is 0 Å². The SMILES string of the molecule is CC(C)c1cc(C(C)C[NH])c(Cl)cc1F. The van der Waals surface area contributed by atoms with E-state index in [2.05, 4.69) is 0 Å². The summed E-state index contributed by atoms with van der Waals surface area (Å²) >= 11 is 5.96. The minimum absolute atomic E-state index is 0.0515. The molecule has 1 radical (unpaired) electrons. The molecule has 0 aliphatic rings. The summed E-state index contributed by atoms with van der Waals surface area (Å²) < 4.78 is 13.5. The molecule has 0 aromatic heterocycles. The predicted octanol–water partition coefficient (Wildman–Crippen LogP) is 3.99. The van der Waals surface area contributed by atoms with Gasteiger partial charge in [-0.25, -0.2) is 4.39 Å². The third-order valence-corrected chi connectivity index (χ3v) is 2.90. The van der Waals surface area contributed by atoms with E-state index in [1.54, 1.807) is 6.07 Å². The molecule has 1 aromatic rings.